The maximum absolute atomic E-state index is 11.1. The van der Waals surface area contributed by atoms with E-state index in [9.17, 15) is 4.79 Å². The normalized spacial score (nSPS) is 13.4. The van der Waals surface area contributed by atoms with Gasteiger partial charge in [0.05, 0.1) is 26.4 Å². The second-order valence-corrected chi connectivity index (χ2v) is 35.6. The van der Waals surface area contributed by atoms with Crippen LogP contribution in [0.1, 0.15) is 478 Å². The summed E-state index contributed by atoms with van der Waals surface area (Å²) < 4.78 is 16.5. The van der Waals surface area contributed by atoms with E-state index < -0.39 is 0 Å². The molecule has 0 aromatic heterocycles. The monoisotopic (exact) mass is 1580 g/mol. The summed E-state index contributed by atoms with van der Waals surface area (Å²) in [4.78, 5) is 27.7. The van der Waals surface area contributed by atoms with Crippen LogP contribution in [0.25, 0.3) is 0 Å². The Bertz CT molecular complexity index is 1790. The number of piperazine rings is 1. The van der Waals surface area contributed by atoms with E-state index in [2.05, 4.69) is 114 Å². The summed E-state index contributed by atoms with van der Waals surface area (Å²) in [5, 5.41) is 0. The van der Waals surface area contributed by atoms with Crippen LogP contribution in [0.2, 0.25) is 0 Å². The molecule has 1 unspecified atom stereocenters. The van der Waals surface area contributed by atoms with Gasteiger partial charge < -0.3 is 33.8 Å². The van der Waals surface area contributed by atoms with Gasteiger partial charge in [0, 0.05) is 85.1 Å². The van der Waals surface area contributed by atoms with Gasteiger partial charge in [-0.05, 0) is 150 Å². The molecule has 0 saturated carbocycles. The van der Waals surface area contributed by atoms with Crippen LogP contribution in [0.5, 0.6) is 0 Å². The Hall–Kier alpha value is -1.37. The average molecular weight is 1580 g/mol. The average Bonchev–Trinajstić information content (AvgIpc) is 0.896. The summed E-state index contributed by atoms with van der Waals surface area (Å²) in [7, 11) is 5.65. The third-order valence-corrected chi connectivity index (χ3v) is 24.5. The lowest BCUT2D eigenvalue weighted by atomic mass is 10.1. The van der Waals surface area contributed by atoms with Gasteiger partial charge in [-0.1, -0.05) is 393 Å². The molecule has 0 radical (unpaired) electrons. The summed E-state index contributed by atoms with van der Waals surface area (Å²) in [6.45, 7) is 36.3. The van der Waals surface area contributed by atoms with E-state index in [1.807, 2.05) is 0 Å². The molecule has 1 aliphatic heterocycles. The highest BCUT2D eigenvalue weighted by molar-refractivity contribution is 5.68. The Morgan fingerprint density at radius 2 is 0.491 bits per heavy atom. The third-order valence-electron chi connectivity index (χ3n) is 24.5. The van der Waals surface area contributed by atoms with E-state index in [4.69, 9.17) is 9.47 Å². The van der Waals surface area contributed by atoms with Gasteiger partial charge in [-0.3, -0.25) is 14.6 Å². The van der Waals surface area contributed by atoms with Gasteiger partial charge in [0.2, 0.25) is 0 Å². The van der Waals surface area contributed by atoms with Gasteiger partial charge in [0.25, 0.3) is 0 Å². The van der Waals surface area contributed by atoms with Gasteiger partial charge in [0.15, 0.2) is 0 Å². The molecule has 1 rings (SSSR count). The minimum Gasteiger partial charge on any atom is -0.469 e. The number of nitrogens with zero attached hydrogens (tertiary/aromatic N) is 6. The first kappa shape index (κ1) is 111. The number of ether oxygens (including phenoxy) is 3. The van der Waals surface area contributed by atoms with Crippen molar-refractivity contribution in [2.24, 2.45) is 0 Å². The first-order valence-corrected chi connectivity index (χ1v) is 51.1. The van der Waals surface area contributed by atoms with Gasteiger partial charge in [-0.25, -0.2) is 0 Å². The third kappa shape index (κ3) is 85.1. The minimum atomic E-state index is -0.104. The van der Waals surface area contributed by atoms with Crippen LogP contribution in [0.15, 0.2) is 24.3 Å². The lowest BCUT2D eigenvalue weighted by Gasteiger charge is -2.37. The SMILES string of the molecule is CCCCC/C=C\CCCCCN(CCCCCCCCCCCC)CCN1CCN(CCN(CCCCCCCCCCCC)CCN(CCCCCCCCCCCC)CCCCCCCCCCCC)CC1.CCCCCCCC/C=C\CCCCCCCCOCC(COCCCCCCCC(=O)OC)N(C)C. The smallest absolute Gasteiger partial charge is 0.305 e. The van der Waals surface area contributed by atoms with Gasteiger partial charge in [0.1, 0.15) is 0 Å². The van der Waals surface area contributed by atoms with Crippen LogP contribution in [-0.2, 0) is 19.0 Å². The molecule has 0 aromatic rings. The number of allylic oxidation sites excluding steroid dienone is 4. The molecule has 1 aliphatic rings. The van der Waals surface area contributed by atoms with Crippen molar-refractivity contribution in [2.75, 3.05) is 146 Å². The number of unbranched alkanes of at least 4 members (excludes halogenated alkanes) is 58. The first-order chi connectivity index (χ1) is 55.3. The Morgan fingerprint density at radius 1 is 0.277 bits per heavy atom. The summed E-state index contributed by atoms with van der Waals surface area (Å²) in [6, 6.07) is 0.314. The maximum Gasteiger partial charge on any atom is 0.305 e. The van der Waals surface area contributed by atoms with Crippen LogP contribution < -0.4 is 0 Å². The van der Waals surface area contributed by atoms with Crippen molar-refractivity contribution in [3.63, 3.8) is 0 Å². The van der Waals surface area contributed by atoms with Crippen LogP contribution in [-0.4, -0.2) is 187 Å². The molecule has 668 valence electrons. The predicted molar refractivity (Wildman–Crippen MR) is 500 cm³/mol. The quantitative estimate of drug-likeness (QED) is 0.0334. The van der Waals surface area contributed by atoms with Crippen molar-refractivity contribution in [2.45, 2.75) is 484 Å². The van der Waals surface area contributed by atoms with E-state index >= 15 is 0 Å². The highest BCUT2D eigenvalue weighted by Gasteiger charge is 2.20. The fourth-order valence-corrected chi connectivity index (χ4v) is 16.2. The molecule has 1 fully saturated rings. The Kier molecular flexibility index (Phi) is 93.9. The summed E-state index contributed by atoms with van der Waals surface area (Å²) in [6.07, 6.45) is 103. The fourth-order valence-electron chi connectivity index (χ4n) is 16.2. The molecule has 112 heavy (non-hydrogen) atoms. The Balaban J connectivity index is 0.00000278. The zero-order valence-electron chi connectivity index (χ0n) is 78.2. The van der Waals surface area contributed by atoms with Gasteiger partial charge in [-0.15, -0.1) is 0 Å². The lowest BCUT2D eigenvalue weighted by Crippen LogP contribution is -2.50. The van der Waals surface area contributed by atoms with Crippen molar-refractivity contribution in [3.05, 3.63) is 24.3 Å². The van der Waals surface area contributed by atoms with E-state index in [1.165, 1.54) is 497 Å². The Morgan fingerprint density at radius 3 is 0.768 bits per heavy atom. The van der Waals surface area contributed by atoms with Gasteiger partial charge >= 0.3 is 5.97 Å². The topological polar surface area (TPSA) is 64.2 Å². The van der Waals surface area contributed by atoms with E-state index in [-0.39, 0.29) is 5.97 Å². The minimum absolute atomic E-state index is 0.104. The van der Waals surface area contributed by atoms with Crippen LogP contribution in [0.4, 0.5) is 0 Å². The zero-order valence-corrected chi connectivity index (χ0v) is 78.2. The number of carbonyl (C=O) groups excluding carboxylic acids is 1. The largest absolute Gasteiger partial charge is 0.469 e. The van der Waals surface area contributed by atoms with Gasteiger partial charge in [-0.2, -0.15) is 0 Å². The van der Waals surface area contributed by atoms with Crippen molar-refractivity contribution >= 4 is 5.97 Å². The molecule has 0 aromatic carbocycles. The van der Waals surface area contributed by atoms with Crippen molar-refractivity contribution < 1.29 is 19.0 Å². The number of likely N-dealkylation sites (N-methyl/N-ethyl adjacent to an activating group) is 1. The molecule has 0 aliphatic carbocycles. The summed E-state index contributed by atoms with van der Waals surface area (Å²) >= 11 is 0. The standard InChI is InChI=1S/C70H143N5.C32H63NO4/c1-6-11-16-21-26-31-36-41-46-51-56-71(57-52-47-42-37-32-27-22-17-12-7-2)61-63-73(60-55-50-45-40-35-30-25-20-15-10-5)64-66-75-69-67-74(68-70-75)65-62-72(58-53-48-43-38-33-28-23-18-13-8-3)59-54-49-44-39-34-29-24-19-14-9-4;1-5-6-7-8-9-10-11-12-13-14-15-16-17-18-21-24-27-36-29-31(33(2)3)30-37-28-25-22-19-20-23-26-32(34)35-4/h28,33H,6-27,29-32,34-70H2,1-5H3;12-13,31H,5-11,14-30H2,1-4H3/b33-28-;13-12-. The number of hydrogen-bond donors (Lipinski definition) is 0. The Labute approximate surface area is 704 Å². The number of methoxy groups -OCH3 is 1. The molecule has 1 heterocycles. The number of hydrogen-bond acceptors (Lipinski definition) is 10. The summed E-state index contributed by atoms with van der Waals surface area (Å²) in [5.41, 5.74) is 0. The van der Waals surface area contributed by atoms with E-state index in [1.54, 1.807) is 0 Å². The predicted octanol–water partition coefficient (Wildman–Crippen LogP) is 29.4. The molecule has 0 spiro atoms. The molecule has 1 atom stereocenters. The first-order valence-electron chi connectivity index (χ1n) is 51.1. The fraction of sp³-hybridized carbons (Fsp3) is 0.951. The highest BCUT2D eigenvalue weighted by Crippen LogP contribution is 2.19. The highest BCUT2D eigenvalue weighted by atomic mass is 16.5. The molecule has 0 amide bonds. The van der Waals surface area contributed by atoms with Crippen LogP contribution >= 0.6 is 0 Å². The lowest BCUT2D eigenvalue weighted by molar-refractivity contribution is -0.140. The van der Waals surface area contributed by atoms with Crippen LogP contribution in [0, 0.1) is 0 Å². The van der Waals surface area contributed by atoms with E-state index in [0.717, 1.165) is 65.0 Å². The van der Waals surface area contributed by atoms with E-state index in [0.29, 0.717) is 12.5 Å². The number of carbonyl (C=O) groups is 1. The summed E-state index contributed by atoms with van der Waals surface area (Å²) in [5.74, 6) is -0.104. The molecule has 0 bridgehead atoms. The van der Waals surface area contributed by atoms with Crippen LogP contribution in [0.3, 0.4) is 0 Å². The van der Waals surface area contributed by atoms with Crippen molar-refractivity contribution in [1.82, 2.24) is 29.4 Å². The molecular formula is C102H206N6O4. The molecule has 1 saturated heterocycles. The molecule has 0 N–H and O–H groups in total. The van der Waals surface area contributed by atoms with Crippen molar-refractivity contribution in [1.29, 1.82) is 0 Å². The maximum atomic E-state index is 11.1. The van der Waals surface area contributed by atoms with Crippen molar-refractivity contribution in [3.8, 4) is 0 Å². The second-order valence-electron chi connectivity index (χ2n) is 35.6. The second kappa shape index (κ2) is 95.1. The zero-order chi connectivity index (χ0) is 81.1. The molecule has 10 nitrogen and oxygen atoms in total. The molecule has 10 heteroatoms. The molecular weight excluding hydrogens is 1370 g/mol. The number of rotatable bonds is 92. The number of esters is 1.